The quantitative estimate of drug-likeness (QED) is 0.475. The zero-order valence-corrected chi connectivity index (χ0v) is 4.97. The Morgan fingerprint density at radius 3 is 3.10 bits per heavy atom. The number of imidazole rings is 1. The van der Waals surface area contributed by atoms with E-state index in [2.05, 4.69) is 10.3 Å². The lowest BCUT2D eigenvalue weighted by atomic mass is 10.8. The first-order valence-corrected chi connectivity index (χ1v) is 2.65. The summed E-state index contributed by atoms with van der Waals surface area (Å²) in [6, 6.07) is 0. The average Bonchev–Trinajstić information content (AvgIpc) is 2.39. The topological polar surface area (TPSA) is 81.4 Å². The van der Waals surface area contributed by atoms with Gasteiger partial charge in [-0.1, -0.05) is 5.21 Å². The molecule has 0 radical (unpaired) electrons. The Bertz CT molecular complexity index is 329. The maximum atomic E-state index is 9.02. The van der Waals surface area contributed by atoms with E-state index < -0.39 is 0 Å². The van der Waals surface area contributed by atoms with Crippen LogP contribution in [0.3, 0.4) is 0 Å². The van der Waals surface area contributed by atoms with E-state index in [-0.39, 0.29) is 0 Å². The van der Waals surface area contributed by atoms with Gasteiger partial charge in [0.2, 0.25) is 0 Å². The van der Waals surface area contributed by atoms with E-state index in [1.807, 2.05) is 0 Å². The van der Waals surface area contributed by atoms with Crippen molar-refractivity contribution in [2.24, 2.45) is 0 Å². The standard InChI is InChI=1S/C4H5N5O/c5-3-2-8(10)4-1-6-7-9(3)4/h1-2,10H,5H2. The van der Waals surface area contributed by atoms with Gasteiger partial charge in [-0.3, -0.25) is 0 Å². The monoisotopic (exact) mass is 139 g/mol. The number of nitrogens with two attached hydrogens (primary N) is 1. The third kappa shape index (κ3) is 0.426. The molecule has 3 N–H and O–H groups in total. The Hall–Kier alpha value is -1.72. The highest BCUT2D eigenvalue weighted by Crippen LogP contribution is 2.06. The minimum atomic E-state index is 0.356. The van der Waals surface area contributed by atoms with E-state index >= 15 is 0 Å². The summed E-state index contributed by atoms with van der Waals surface area (Å²) in [5.41, 5.74) is 5.86. The number of rotatable bonds is 0. The van der Waals surface area contributed by atoms with Crippen molar-refractivity contribution in [2.45, 2.75) is 0 Å². The van der Waals surface area contributed by atoms with Gasteiger partial charge in [0, 0.05) is 0 Å². The number of hydrogen-bond acceptors (Lipinski definition) is 4. The Morgan fingerprint density at radius 2 is 2.40 bits per heavy atom. The first-order valence-electron chi connectivity index (χ1n) is 2.65. The van der Waals surface area contributed by atoms with Gasteiger partial charge < -0.3 is 10.9 Å². The van der Waals surface area contributed by atoms with Crippen LogP contribution in [0.2, 0.25) is 0 Å². The van der Waals surface area contributed by atoms with Crippen LogP contribution in [0.4, 0.5) is 5.82 Å². The zero-order chi connectivity index (χ0) is 7.14. The molecular formula is C4H5N5O. The van der Waals surface area contributed by atoms with Gasteiger partial charge in [-0.2, -0.15) is 9.25 Å². The number of aromatic nitrogens is 4. The molecule has 0 spiro atoms. The van der Waals surface area contributed by atoms with Crippen LogP contribution in [0.15, 0.2) is 12.4 Å². The molecule has 0 saturated heterocycles. The van der Waals surface area contributed by atoms with Gasteiger partial charge in [0.05, 0.1) is 12.4 Å². The largest absolute Gasteiger partial charge is 0.427 e. The molecule has 2 aromatic rings. The van der Waals surface area contributed by atoms with Crippen molar-refractivity contribution in [1.29, 1.82) is 0 Å². The number of anilines is 1. The molecule has 0 aliphatic carbocycles. The Labute approximate surface area is 55.4 Å². The molecule has 52 valence electrons. The van der Waals surface area contributed by atoms with Gasteiger partial charge in [-0.05, 0) is 0 Å². The van der Waals surface area contributed by atoms with Crippen LogP contribution >= 0.6 is 0 Å². The molecule has 2 aromatic heterocycles. The molecule has 0 atom stereocenters. The van der Waals surface area contributed by atoms with Crippen LogP contribution in [0.25, 0.3) is 5.65 Å². The lowest BCUT2D eigenvalue weighted by molar-refractivity contribution is 0.199. The van der Waals surface area contributed by atoms with Crippen molar-refractivity contribution in [3.63, 3.8) is 0 Å². The van der Waals surface area contributed by atoms with Crippen molar-refractivity contribution >= 4 is 11.5 Å². The highest BCUT2D eigenvalue weighted by atomic mass is 16.5. The first kappa shape index (κ1) is 5.10. The second-order valence-corrected chi connectivity index (χ2v) is 1.90. The molecule has 2 rings (SSSR count). The molecule has 6 nitrogen and oxygen atoms in total. The summed E-state index contributed by atoms with van der Waals surface area (Å²) in [5.74, 6) is 0.356. The fourth-order valence-electron chi connectivity index (χ4n) is 0.816. The van der Waals surface area contributed by atoms with E-state index in [0.29, 0.717) is 11.5 Å². The first-order chi connectivity index (χ1) is 4.79. The summed E-state index contributed by atoms with van der Waals surface area (Å²) in [5, 5.41) is 16.2. The fraction of sp³-hybridized carbons (Fsp3) is 0. The second kappa shape index (κ2) is 1.41. The van der Waals surface area contributed by atoms with Gasteiger partial charge >= 0.3 is 0 Å². The predicted molar refractivity (Wildman–Crippen MR) is 32.6 cm³/mol. The van der Waals surface area contributed by atoms with Crippen molar-refractivity contribution in [3.05, 3.63) is 12.4 Å². The van der Waals surface area contributed by atoms with Gasteiger partial charge in [-0.25, -0.2) is 0 Å². The van der Waals surface area contributed by atoms with Crippen LogP contribution in [-0.4, -0.2) is 24.8 Å². The van der Waals surface area contributed by atoms with Crippen molar-refractivity contribution < 1.29 is 5.21 Å². The molecule has 2 heterocycles. The highest BCUT2D eigenvalue weighted by Gasteiger charge is 2.04. The lowest BCUT2D eigenvalue weighted by Gasteiger charge is -1.82. The molecule has 0 amide bonds. The Balaban J connectivity index is 2.98. The number of nitrogens with zero attached hydrogens (tertiary/aromatic N) is 4. The van der Waals surface area contributed by atoms with E-state index in [0.717, 1.165) is 4.73 Å². The van der Waals surface area contributed by atoms with Crippen LogP contribution in [0, 0.1) is 0 Å². The van der Waals surface area contributed by atoms with Crippen molar-refractivity contribution in [3.8, 4) is 0 Å². The summed E-state index contributed by atoms with van der Waals surface area (Å²) in [7, 11) is 0. The molecule has 0 aliphatic rings. The van der Waals surface area contributed by atoms with Crippen molar-refractivity contribution in [2.75, 3.05) is 5.73 Å². The molecule has 0 bridgehead atoms. The third-order valence-corrected chi connectivity index (χ3v) is 1.27. The molecule has 0 unspecified atom stereocenters. The third-order valence-electron chi connectivity index (χ3n) is 1.27. The number of nitrogen functional groups attached to an aromatic ring is 1. The maximum absolute atomic E-state index is 9.02. The fourth-order valence-corrected chi connectivity index (χ4v) is 0.816. The van der Waals surface area contributed by atoms with Gasteiger partial charge in [-0.15, -0.1) is 5.10 Å². The van der Waals surface area contributed by atoms with E-state index in [1.54, 1.807) is 0 Å². The Morgan fingerprint density at radius 1 is 1.60 bits per heavy atom. The van der Waals surface area contributed by atoms with Crippen molar-refractivity contribution in [1.82, 2.24) is 19.6 Å². The van der Waals surface area contributed by atoms with Crippen LogP contribution in [0.1, 0.15) is 0 Å². The summed E-state index contributed by atoms with van der Waals surface area (Å²) in [4.78, 5) is 0. The summed E-state index contributed by atoms with van der Waals surface area (Å²) in [6.45, 7) is 0. The number of hydrogen-bond donors (Lipinski definition) is 2. The molecule has 0 aromatic carbocycles. The van der Waals surface area contributed by atoms with Crippen LogP contribution in [0.5, 0.6) is 0 Å². The molecule has 0 saturated carbocycles. The SMILES string of the molecule is Nc1cn(O)c2cnnn12. The molecule has 10 heavy (non-hydrogen) atoms. The maximum Gasteiger partial charge on any atom is 0.193 e. The van der Waals surface area contributed by atoms with E-state index in [9.17, 15) is 0 Å². The van der Waals surface area contributed by atoms with E-state index in [1.165, 1.54) is 16.9 Å². The normalized spacial score (nSPS) is 10.8. The smallest absolute Gasteiger partial charge is 0.193 e. The van der Waals surface area contributed by atoms with Gasteiger partial charge in [0.15, 0.2) is 5.65 Å². The highest BCUT2D eigenvalue weighted by molar-refractivity contribution is 5.44. The summed E-state index contributed by atoms with van der Waals surface area (Å²) >= 11 is 0. The van der Waals surface area contributed by atoms with Gasteiger partial charge in [0.1, 0.15) is 5.82 Å². The summed E-state index contributed by atoms with van der Waals surface area (Å²) < 4.78 is 2.20. The predicted octanol–water partition coefficient (Wildman–Crippen LogP) is -0.650. The lowest BCUT2D eigenvalue weighted by Crippen LogP contribution is -1.91. The van der Waals surface area contributed by atoms with Gasteiger partial charge in [0.25, 0.3) is 0 Å². The van der Waals surface area contributed by atoms with Crippen LogP contribution in [-0.2, 0) is 0 Å². The zero-order valence-electron chi connectivity index (χ0n) is 4.97. The Kier molecular flexibility index (Phi) is 0.717. The van der Waals surface area contributed by atoms with E-state index in [4.69, 9.17) is 10.9 Å². The van der Waals surface area contributed by atoms with Crippen LogP contribution < -0.4 is 5.73 Å². The minimum Gasteiger partial charge on any atom is -0.427 e. The molecule has 0 fully saturated rings. The minimum absolute atomic E-state index is 0.356. The molecule has 6 heteroatoms. The summed E-state index contributed by atoms with van der Waals surface area (Å²) in [6.07, 6.45) is 2.76. The second-order valence-electron chi connectivity index (χ2n) is 1.90. The number of fused-ring (bicyclic) bond motifs is 1. The molecular weight excluding hydrogens is 134 g/mol. The average molecular weight is 139 g/mol. The molecule has 0 aliphatic heterocycles.